The molecule has 2 saturated heterocycles. The highest BCUT2D eigenvalue weighted by molar-refractivity contribution is 7.89. The Labute approximate surface area is 150 Å². The highest BCUT2D eigenvalue weighted by Gasteiger charge is 2.40. The molecule has 1 aromatic rings. The van der Waals surface area contributed by atoms with Crippen LogP contribution in [0.15, 0.2) is 24.3 Å². The second-order valence-corrected chi connectivity index (χ2v) is 8.12. The lowest BCUT2D eigenvalue weighted by atomic mass is 10.0. The zero-order chi connectivity index (χ0) is 16.3. The first-order valence-corrected chi connectivity index (χ1v) is 9.57. The molecular weight excluding hydrogens is 352 g/mol. The van der Waals surface area contributed by atoms with E-state index in [4.69, 9.17) is 9.47 Å². The van der Waals surface area contributed by atoms with E-state index in [9.17, 15) is 8.42 Å². The summed E-state index contributed by atoms with van der Waals surface area (Å²) in [7, 11) is -1.78. The third-order valence-corrected chi connectivity index (χ3v) is 6.86. The highest BCUT2D eigenvalue weighted by Crippen LogP contribution is 2.34. The van der Waals surface area contributed by atoms with Gasteiger partial charge in [0.1, 0.15) is 5.75 Å². The number of hydrogen-bond acceptors (Lipinski definition) is 5. The van der Waals surface area contributed by atoms with Crippen molar-refractivity contribution in [2.45, 2.75) is 24.1 Å². The molecule has 136 valence electrons. The lowest BCUT2D eigenvalue weighted by Crippen LogP contribution is -2.52. The number of nitrogens with zero attached hydrogens (tertiary/aromatic N) is 1. The number of piperazine rings is 1. The fourth-order valence-corrected chi connectivity index (χ4v) is 5.34. The van der Waals surface area contributed by atoms with Gasteiger partial charge in [0, 0.05) is 31.8 Å². The smallest absolute Gasteiger partial charge is 0.219 e. The van der Waals surface area contributed by atoms with Gasteiger partial charge >= 0.3 is 0 Å². The molecule has 0 spiro atoms. The lowest BCUT2D eigenvalue weighted by molar-refractivity contribution is 0.0963. The van der Waals surface area contributed by atoms with Crippen molar-refractivity contribution in [1.82, 2.24) is 9.62 Å². The second-order valence-electron chi connectivity index (χ2n) is 5.96. The number of sulfonamides is 1. The molecule has 0 amide bonds. The Morgan fingerprint density at radius 3 is 2.83 bits per heavy atom. The topological polar surface area (TPSA) is 67.9 Å². The van der Waals surface area contributed by atoms with Crippen LogP contribution < -0.4 is 10.1 Å². The number of rotatable bonds is 4. The van der Waals surface area contributed by atoms with Gasteiger partial charge in [-0.2, -0.15) is 4.31 Å². The Bertz CT molecular complexity index is 635. The van der Waals surface area contributed by atoms with Crippen molar-refractivity contribution in [2.24, 2.45) is 0 Å². The van der Waals surface area contributed by atoms with Gasteiger partial charge in [0.05, 0.1) is 25.0 Å². The normalized spacial score (nSPS) is 25.7. The van der Waals surface area contributed by atoms with Gasteiger partial charge in [-0.15, -0.1) is 12.4 Å². The van der Waals surface area contributed by atoms with E-state index in [-0.39, 0.29) is 18.4 Å². The quantitative estimate of drug-likeness (QED) is 0.864. The summed E-state index contributed by atoms with van der Waals surface area (Å²) in [5.74, 6) is 0.723. The second kappa shape index (κ2) is 8.49. The predicted octanol–water partition coefficient (Wildman–Crippen LogP) is 1.57. The zero-order valence-electron chi connectivity index (χ0n) is 13.8. The maximum absolute atomic E-state index is 13.1. The third-order valence-electron chi connectivity index (χ3n) is 4.56. The van der Waals surface area contributed by atoms with Gasteiger partial charge in [-0.1, -0.05) is 18.2 Å². The molecule has 2 heterocycles. The van der Waals surface area contributed by atoms with Crippen molar-refractivity contribution in [3.8, 4) is 5.75 Å². The summed E-state index contributed by atoms with van der Waals surface area (Å²) in [4.78, 5) is 0. The molecule has 6 nitrogen and oxygen atoms in total. The number of ether oxygens (including phenoxy) is 2. The van der Waals surface area contributed by atoms with Crippen LogP contribution in [0.5, 0.6) is 5.75 Å². The SMILES string of the molecule is COc1ccccc1C1CNCCN1S(=O)(=O)C1CCCOC1.Cl. The van der Waals surface area contributed by atoms with Crippen molar-refractivity contribution in [3.63, 3.8) is 0 Å². The summed E-state index contributed by atoms with van der Waals surface area (Å²) in [6.07, 6.45) is 1.47. The van der Waals surface area contributed by atoms with E-state index < -0.39 is 15.3 Å². The standard InChI is InChI=1S/C16H24N2O4S.ClH/c1-21-16-7-3-2-6-14(16)15-11-17-8-9-18(15)23(19,20)13-5-4-10-22-12-13;/h2-3,6-7,13,15,17H,4-5,8-12H2,1H3;1H. The highest BCUT2D eigenvalue weighted by atomic mass is 35.5. The third kappa shape index (κ3) is 3.86. The molecule has 2 unspecified atom stereocenters. The van der Waals surface area contributed by atoms with Crippen LogP contribution in [0.25, 0.3) is 0 Å². The molecule has 1 aromatic carbocycles. The largest absolute Gasteiger partial charge is 0.496 e. The maximum atomic E-state index is 13.1. The van der Waals surface area contributed by atoms with Crippen molar-refractivity contribution in [3.05, 3.63) is 29.8 Å². The van der Waals surface area contributed by atoms with Crippen LogP contribution in [0.4, 0.5) is 0 Å². The van der Waals surface area contributed by atoms with Gasteiger partial charge in [-0.3, -0.25) is 0 Å². The average Bonchev–Trinajstić information content (AvgIpc) is 2.62. The van der Waals surface area contributed by atoms with E-state index in [1.54, 1.807) is 11.4 Å². The monoisotopic (exact) mass is 376 g/mol. The Kier molecular flexibility index (Phi) is 6.88. The van der Waals surface area contributed by atoms with Crippen LogP contribution in [-0.4, -0.2) is 57.9 Å². The van der Waals surface area contributed by atoms with Crippen LogP contribution in [0.2, 0.25) is 0 Å². The summed E-state index contributed by atoms with van der Waals surface area (Å²) >= 11 is 0. The van der Waals surface area contributed by atoms with E-state index >= 15 is 0 Å². The Morgan fingerprint density at radius 2 is 2.12 bits per heavy atom. The van der Waals surface area contributed by atoms with Crippen molar-refractivity contribution < 1.29 is 17.9 Å². The van der Waals surface area contributed by atoms with Crippen LogP contribution in [0.3, 0.4) is 0 Å². The summed E-state index contributed by atoms with van der Waals surface area (Å²) in [6, 6.07) is 7.38. The molecule has 0 saturated carbocycles. The van der Waals surface area contributed by atoms with Gasteiger partial charge in [-0.05, 0) is 18.9 Å². The minimum absolute atomic E-state index is 0. The first-order valence-electron chi connectivity index (χ1n) is 8.06. The number of para-hydroxylation sites is 1. The molecule has 2 fully saturated rings. The van der Waals surface area contributed by atoms with E-state index in [0.717, 1.165) is 17.7 Å². The number of benzene rings is 1. The molecule has 2 aliphatic rings. The average molecular weight is 377 g/mol. The summed E-state index contributed by atoms with van der Waals surface area (Å²) < 4.78 is 38.7. The van der Waals surface area contributed by atoms with Gasteiger partial charge in [0.15, 0.2) is 0 Å². The summed E-state index contributed by atoms with van der Waals surface area (Å²) in [5, 5.41) is 2.86. The molecule has 0 bridgehead atoms. The summed E-state index contributed by atoms with van der Waals surface area (Å²) in [5.41, 5.74) is 0.905. The summed E-state index contributed by atoms with van der Waals surface area (Å²) in [6.45, 7) is 2.68. The number of methoxy groups -OCH3 is 1. The van der Waals surface area contributed by atoms with Gasteiger partial charge in [-0.25, -0.2) is 8.42 Å². The molecule has 2 atom stereocenters. The van der Waals surface area contributed by atoms with Crippen LogP contribution in [-0.2, 0) is 14.8 Å². The fraction of sp³-hybridized carbons (Fsp3) is 0.625. The van der Waals surface area contributed by atoms with Gasteiger partial charge in [0.25, 0.3) is 0 Å². The Balaban J connectivity index is 0.00000208. The first-order chi connectivity index (χ1) is 11.1. The Morgan fingerprint density at radius 1 is 1.33 bits per heavy atom. The molecule has 2 aliphatic heterocycles. The van der Waals surface area contributed by atoms with Crippen LogP contribution >= 0.6 is 12.4 Å². The predicted molar refractivity (Wildman–Crippen MR) is 95.3 cm³/mol. The van der Waals surface area contributed by atoms with Gasteiger partial charge < -0.3 is 14.8 Å². The van der Waals surface area contributed by atoms with Crippen LogP contribution in [0, 0.1) is 0 Å². The van der Waals surface area contributed by atoms with E-state index in [1.807, 2.05) is 24.3 Å². The van der Waals surface area contributed by atoms with Crippen molar-refractivity contribution >= 4 is 22.4 Å². The van der Waals surface area contributed by atoms with E-state index in [0.29, 0.717) is 39.3 Å². The minimum atomic E-state index is -3.39. The zero-order valence-corrected chi connectivity index (χ0v) is 15.4. The Hall–Kier alpha value is -0.860. The maximum Gasteiger partial charge on any atom is 0.219 e. The number of hydrogen-bond donors (Lipinski definition) is 1. The molecule has 0 aromatic heterocycles. The molecule has 8 heteroatoms. The number of halogens is 1. The minimum Gasteiger partial charge on any atom is -0.496 e. The molecule has 1 N–H and O–H groups in total. The van der Waals surface area contributed by atoms with Gasteiger partial charge in [0.2, 0.25) is 10.0 Å². The molecular formula is C16H25ClN2O4S. The fourth-order valence-electron chi connectivity index (χ4n) is 3.33. The molecule has 0 aliphatic carbocycles. The molecule has 0 radical (unpaired) electrons. The van der Waals surface area contributed by atoms with Crippen molar-refractivity contribution in [1.29, 1.82) is 0 Å². The van der Waals surface area contributed by atoms with E-state index in [2.05, 4.69) is 5.32 Å². The van der Waals surface area contributed by atoms with E-state index in [1.165, 1.54) is 0 Å². The number of nitrogens with one attached hydrogen (secondary N) is 1. The first kappa shape index (κ1) is 19.5. The molecule has 24 heavy (non-hydrogen) atoms. The van der Waals surface area contributed by atoms with Crippen LogP contribution in [0.1, 0.15) is 24.4 Å². The van der Waals surface area contributed by atoms with Crippen molar-refractivity contribution in [2.75, 3.05) is 40.0 Å². The lowest BCUT2D eigenvalue weighted by Gasteiger charge is -2.38. The molecule has 3 rings (SSSR count).